The molecule has 0 unspecified atom stereocenters. The third-order valence-electron chi connectivity index (χ3n) is 4.87. The van der Waals surface area contributed by atoms with Gasteiger partial charge in [0, 0.05) is 37.8 Å². The third kappa shape index (κ3) is 4.71. The Kier molecular flexibility index (Phi) is 5.93. The zero-order valence-corrected chi connectivity index (χ0v) is 16.4. The first-order chi connectivity index (χ1) is 12.0. The summed E-state index contributed by atoms with van der Waals surface area (Å²) in [4.78, 5) is 14.3. The number of nitrogens with zero attached hydrogens (tertiary/aromatic N) is 4. The fraction of sp³-hybridized carbons (Fsp3) is 0.722. The summed E-state index contributed by atoms with van der Waals surface area (Å²) in [6, 6.07) is 2.95. The normalized spacial score (nSPS) is 20.9. The maximum absolute atomic E-state index is 5.38. The van der Waals surface area contributed by atoms with Gasteiger partial charge in [0.15, 0.2) is 5.11 Å². The van der Waals surface area contributed by atoms with E-state index in [2.05, 4.69) is 47.3 Å². The summed E-state index contributed by atoms with van der Waals surface area (Å²) < 4.78 is 0. The van der Waals surface area contributed by atoms with E-state index in [9.17, 15) is 0 Å². The number of anilines is 3. The Labute approximate surface area is 156 Å². The monoisotopic (exact) mass is 362 g/mol. The Morgan fingerprint density at radius 3 is 2.48 bits per heavy atom. The summed E-state index contributed by atoms with van der Waals surface area (Å²) in [5.41, 5.74) is 0. The van der Waals surface area contributed by atoms with Gasteiger partial charge in [-0.2, -0.15) is 9.97 Å². The third-order valence-corrected chi connectivity index (χ3v) is 5.09. The van der Waals surface area contributed by atoms with Gasteiger partial charge in [-0.25, -0.2) is 0 Å². The highest BCUT2D eigenvalue weighted by atomic mass is 32.1. The molecular weight excluding hydrogens is 332 g/mol. The molecule has 2 saturated heterocycles. The lowest BCUT2D eigenvalue weighted by Crippen LogP contribution is -2.39. The van der Waals surface area contributed by atoms with Crippen molar-refractivity contribution in [2.45, 2.75) is 65.0 Å². The van der Waals surface area contributed by atoms with Crippen molar-refractivity contribution >= 4 is 34.9 Å². The van der Waals surface area contributed by atoms with Crippen LogP contribution in [0.25, 0.3) is 0 Å². The Bertz CT molecular complexity index is 599. The van der Waals surface area contributed by atoms with Crippen molar-refractivity contribution in [3.05, 3.63) is 6.07 Å². The van der Waals surface area contributed by atoms with Crippen molar-refractivity contribution in [3.8, 4) is 0 Å². The van der Waals surface area contributed by atoms with E-state index in [4.69, 9.17) is 22.2 Å². The fourth-order valence-corrected chi connectivity index (χ4v) is 3.90. The van der Waals surface area contributed by atoms with Gasteiger partial charge < -0.3 is 20.4 Å². The molecule has 3 heterocycles. The Balaban J connectivity index is 1.86. The van der Waals surface area contributed by atoms with E-state index in [1.54, 1.807) is 0 Å². The summed E-state index contributed by atoms with van der Waals surface area (Å²) in [6.45, 7) is 9.62. The molecule has 0 radical (unpaired) electrons. The van der Waals surface area contributed by atoms with Gasteiger partial charge in [-0.1, -0.05) is 0 Å². The first-order valence-corrected chi connectivity index (χ1v) is 9.92. The number of rotatable bonds is 4. The van der Waals surface area contributed by atoms with Crippen molar-refractivity contribution in [1.29, 1.82) is 0 Å². The average Bonchev–Trinajstić information content (AvgIpc) is 3.08. The molecule has 0 spiro atoms. The summed E-state index contributed by atoms with van der Waals surface area (Å²) in [5.74, 6) is 2.62. The fourth-order valence-electron chi connectivity index (χ4n) is 3.57. The minimum atomic E-state index is 0.281. The molecule has 2 aliphatic rings. The highest BCUT2D eigenvalue weighted by Gasteiger charge is 2.23. The second-order valence-corrected chi connectivity index (χ2v) is 7.80. The number of hydrogen-bond acceptors (Lipinski definition) is 5. The number of thiocarbonyl (C=S) groups is 1. The molecule has 0 aromatic carbocycles. The summed E-state index contributed by atoms with van der Waals surface area (Å²) in [5, 5.41) is 6.95. The minimum absolute atomic E-state index is 0.281. The van der Waals surface area contributed by atoms with Crippen LogP contribution in [0.1, 0.15) is 52.9 Å². The predicted octanol–water partition coefficient (Wildman–Crippen LogP) is 3.15. The van der Waals surface area contributed by atoms with Gasteiger partial charge in [0.2, 0.25) is 5.95 Å². The lowest BCUT2D eigenvalue weighted by Gasteiger charge is -2.35. The van der Waals surface area contributed by atoms with Crippen LogP contribution in [0.5, 0.6) is 0 Å². The summed E-state index contributed by atoms with van der Waals surface area (Å²) in [7, 11) is 0. The van der Waals surface area contributed by atoms with Gasteiger partial charge in [-0.3, -0.25) is 0 Å². The highest BCUT2D eigenvalue weighted by molar-refractivity contribution is 7.80. The molecule has 6 nitrogen and oxygen atoms in total. The molecule has 2 N–H and O–H groups in total. The zero-order chi connectivity index (χ0) is 17.8. The average molecular weight is 363 g/mol. The second-order valence-electron chi connectivity index (χ2n) is 7.39. The molecule has 1 aromatic heterocycles. The number of hydrogen-bond donors (Lipinski definition) is 2. The van der Waals surface area contributed by atoms with E-state index in [0.717, 1.165) is 31.3 Å². The number of aromatic nitrogens is 2. The van der Waals surface area contributed by atoms with Gasteiger partial charge in [-0.05, 0) is 65.1 Å². The van der Waals surface area contributed by atoms with Gasteiger partial charge in [0.1, 0.15) is 11.6 Å². The van der Waals surface area contributed by atoms with Crippen LogP contribution in [-0.4, -0.2) is 46.8 Å². The largest absolute Gasteiger partial charge is 0.360 e. The molecule has 3 rings (SSSR count). The van der Waals surface area contributed by atoms with E-state index < -0.39 is 0 Å². The van der Waals surface area contributed by atoms with Gasteiger partial charge in [0.25, 0.3) is 0 Å². The van der Waals surface area contributed by atoms with Crippen LogP contribution in [0, 0.1) is 0 Å². The lowest BCUT2D eigenvalue weighted by atomic mass is 10.0. The van der Waals surface area contributed by atoms with Crippen LogP contribution in [0.2, 0.25) is 0 Å². The van der Waals surface area contributed by atoms with Crippen LogP contribution < -0.4 is 20.4 Å². The molecule has 25 heavy (non-hydrogen) atoms. The standard InChI is InChI=1S/C18H30N6S/c1-13(2)19-18(25)22-17-20-15(23-9-6-7-10-23)12-16(21-17)24-11-5-4-8-14(24)3/h12-14H,4-11H2,1-3H3,(H2,19,20,21,22,25)/t14-/m0/s1. The van der Waals surface area contributed by atoms with E-state index in [1.807, 2.05) is 0 Å². The maximum atomic E-state index is 5.38. The van der Waals surface area contributed by atoms with Crippen LogP contribution in [0.3, 0.4) is 0 Å². The smallest absolute Gasteiger partial charge is 0.232 e. The summed E-state index contributed by atoms with van der Waals surface area (Å²) in [6.07, 6.45) is 6.21. The molecule has 0 amide bonds. The molecule has 0 bridgehead atoms. The molecular formula is C18H30N6S. The van der Waals surface area contributed by atoms with Gasteiger partial charge in [0.05, 0.1) is 0 Å². The van der Waals surface area contributed by atoms with E-state index in [-0.39, 0.29) is 6.04 Å². The van der Waals surface area contributed by atoms with E-state index >= 15 is 0 Å². The maximum Gasteiger partial charge on any atom is 0.232 e. The topological polar surface area (TPSA) is 56.3 Å². The van der Waals surface area contributed by atoms with Crippen LogP contribution in [-0.2, 0) is 0 Å². The predicted molar refractivity (Wildman–Crippen MR) is 109 cm³/mol. The van der Waals surface area contributed by atoms with Crippen molar-refractivity contribution in [1.82, 2.24) is 15.3 Å². The molecule has 7 heteroatoms. The van der Waals surface area contributed by atoms with E-state index in [0.29, 0.717) is 17.1 Å². The molecule has 138 valence electrons. The highest BCUT2D eigenvalue weighted by Crippen LogP contribution is 2.28. The molecule has 1 atom stereocenters. The Morgan fingerprint density at radius 1 is 1.12 bits per heavy atom. The first-order valence-electron chi connectivity index (χ1n) is 9.51. The van der Waals surface area contributed by atoms with Crippen LogP contribution in [0.15, 0.2) is 6.07 Å². The van der Waals surface area contributed by atoms with Crippen molar-refractivity contribution < 1.29 is 0 Å². The van der Waals surface area contributed by atoms with Gasteiger partial charge >= 0.3 is 0 Å². The van der Waals surface area contributed by atoms with Crippen molar-refractivity contribution in [2.75, 3.05) is 34.8 Å². The van der Waals surface area contributed by atoms with Crippen LogP contribution in [0.4, 0.5) is 17.6 Å². The quantitative estimate of drug-likeness (QED) is 0.798. The zero-order valence-electron chi connectivity index (χ0n) is 15.6. The van der Waals surface area contributed by atoms with E-state index in [1.165, 1.54) is 32.1 Å². The molecule has 1 aromatic rings. The summed E-state index contributed by atoms with van der Waals surface area (Å²) >= 11 is 5.38. The van der Waals surface area contributed by atoms with Gasteiger partial charge in [-0.15, -0.1) is 0 Å². The van der Waals surface area contributed by atoms with Crippen molar-refractivity contribution in [2.24, 2.45) is 0 Å². The minimum Gasteiger partial charge on any atom is -0.360 e. The number of nitrogens with one attached hydrogen (secondary N) is 2. The molecule has 2 aliphatic heterocycles. The SMILES string of the molecule is CC(C)NC(=S)Nc1nc(N2CCCC2)cc(N2CCCC[C@@H]2C)n1. The first kappa shape index (κ1) is 18.2. The number of piperidine rings is 1. The molecule has 2 fully saturated rings. The Hall–Kier alpha value is -1.63. The molecule has 0 aliphatic carbocycles. The lowest BCUT2D eigenvalue weighted by molar-refractivity contribution is 0.481. The molecule has 0 saturated carbocycles. The second kappa shape index (κ2) is 8.17. The Morgan fingerprint density at radius 2 is 1.80 bits per heavy atom. The van der Waals surface area contributed by atoms with Crippen LogP contribution >= 0.6 is 12.2 Å². The van der Waals surface area contributed by atoms with Crippen molar-refractivity contribution in [3.63, 3.8) is 0 Å².